The summed E-state index contributed by atoms with van der Waals surface area (Å²) in [4.78, 5) is 11.9. The van der Waals surface area contributed by atoms with Crippen LogP contribution in [-0.2, 0) is 6.42 Å². The van der Waals surface area contributed by atoms with Crippen LogP contribution in [0.2, 0.25) is 5.15 Å². The Morgan fingerprint density at radius 2 is 2.19 bits per heavy atom. The van der Waals surface area contributed by atoms with Gasteiger partial charge in [0.25, 0.3) is 0 Å². The summed E-state index contributed by atoms with van der Waals surface area (Å²) in [6.45, 7) is 1.57. The number of hydrogen-bond donors (Lipinski definition) is 0. The molecule has 3 nitrogen and oxygen atoms in total. The number of hydrogen-bond acceptors (Lipinski definition) is 3. The lowest BCUT2D eigenvalue weighted by Crippen LogP contribution is -2.02. The Hall–Kier alpha value is -1.55. The molecule has 0 amide bonds. The molecule has 2 aromatic heterocycles. The minimum atomic E-state index is -0.559. The zero-order chi connectivity index (χ0) is 11.5. The highest BCUT2D eigenvalue weighted by atomic mass is 35.5. The summed E-state index contributed by atoms with van der Waals surface area (Å²) in [7, 11) is 0. The number of nitrogens with zero attached hydrogens (tertiary/aromatic N) is 3. The van der Waals surface area contributed by atoms with E-state index in [1.54, 1.807) is 19.3 Å². The van der Waals surface area contributed by atoms with Crippen molar-refractivity contribution in [2.75, 3.05) is 0 Å². The van der Waals surface area contributed by atoms with E-state index in [-0.39, 0.29) is 10.8 Å². The van der Waals surface area contributed by atoms with Crippen molar-refractivity contribution in [2.24, 2.45) is 0 Å². The SMILES string of the molecule is Cc1nc(Cc2cccnc2)nc(Cl)c1F. The number of aromatic nitrogens is 3. The molecule has 2 aromatic rings. The van der Waals surface area contributed by atoms with Crippen LogP contribution >= 0.6 is 11.6 Å². The molecule has 0 atom stereocenters. The van der Waals surface area contributed by atoms with Gasteiger partial charge in [-0.05, 0) is 18.6 Å². The third-order valence-electron chi connectivity index (χ3n) is 2.11. The molecular weight excluding hydrogens is 229 g/mol. The van der Waals surface area contributed by atoms with Gasteiger partial charge in [-0.1, -0.05) is 17.7 Å². The summed E-state index contributed by atoms with van der Waals surface area (Å²) in [5.41, 5.74) is 1.23. The van der Waals surface area contributed by atoms with E-state index >= 15 is 0 Å². The number of aryl methyl sites for hydroxylation is 1. The van der Waals surface area contributed by atoms with Gasteiger partial charge < -0.3 is 0 Å². The molecule has 0 bridgehead atoms. The van der Waals surface area contributed by atoms with Gasteiger partial charge in [-0.2, -0.15) is 0 Å². The Labute approximate surface area is 97.3 Å². The summed E-state index contributed by atoms with van der Waals surface area (Å²) >= 11 is 5.64. The molecule has 0 saturated heterocycles. The second kappa shape index (κ2) is 4.53. The van der Waals surface area contributed by atoms with Crippen molar-refractivity contribution < 1.29 is 4.39 Å². The van der Waals surface area contributed by atoms with Crippen LogP contribution in [0.1, 0.15) is 17.1 Å². The maximum absolute atomic E-state index is 13.2. The minimum Gasteiger partial charge on any atom is -0.264 e. The zero-order valence-corrected chi connectivity index (χ0v) is 9.37. The third-order valence-corrected chi connectivity index (χ3v) is 2.36. The van der Waals surface area contributed by atoms with Crippen molar-refractivity contribution in [1.29, 1.82) is 0 Å². The molecule has 0 radical (unpaired) electrons. The van der Waals surface area contributed by atoms with E-state index in [1.165, 1.54) is 0 Å². The van der Waals surface area contributed by atoms with E-state index < -0.39 is 5.82 Å². The lowest BCUT2D eigenvalue weighted by Gasteiger charge is -2.03. The second-order valence-electron chi connectivity index (χ2n) is 3.37. The largest absolute Gasteiger partial charge is 0.264 e. The Bertz CT molecular complexity index is 479. The van der Waals surface area contributed by atoms with Gasteiger partial charge in [-0.15, -0.1) is 0 Å². The van der Waals surface area contributed by atoms with Crippen molar-refractivity contribution in [3.05, 3.63) is 52.6 Å². The van der Waals surface area contributed by atoms with Gasteiger partial charge in [-0.3, -0.25) is 4.98 Å². The quantitative estimate of drug-likeness (QED) is 0.754. The second-order valence-corrected chi connectivity index (χ2v) is 3.73. The first-order chi connectivity index (χ1) is 7.66. The molecule has 5 heteroatoms. The average molecular weight is 238 g/mol. The van der Waals surface area contributed by atoms with Crippen LogP contribution in [0.25, 0.3) is 0 Å². The highest BCUT2D eigenvalue weighted by Gasteiger charge is 2.09. The first-order valence-corrected chi connectivity index (χ1v) is 5.12. The van der Waals surface area contributed by atoms with Crippen molar-refractivity contribution in [3.8, 4) is 0 Å². The monoisotopic (exact) mass is 237 g/mol. The highest BCUT2D eigenvalue weighted by molar-refractivity contribution is 6.29. The third kappa shape index (κ3) is 2.33. The minimum absolute atomic E-state index is 0.133. The van der Waals surface area contributed by atoms with Crippen LogP contribution in [0.5, 0.6) is 0 Å². The predicted octanol–water partition coefficient (Wildman–Crippen LogP) is 2.56. The van der Waals surface area contributed by atoms with Gasteiger partial charge in [0.1, 0.15) is 5.82 Å². The molecule has 0 spiro atoms. The fourth-order valence-corrected chi connectivity index (χ4v) is 1.58. The number of pyridine rings is 1. The Morgan fingerprint density at radius 3 is 2.81 bits per heavy atom. The van der Waals surface area contributed by atoms with E-state index in [9.17, 15) is 4.39 Å². The van der Waals surface area contributed by atoms with Gasteiger partial charge in [0.15, 0.2) is 11.0 Å². The molecule has 0 aliphatic rings. The van der Waals surface area contributed by atoms with Crippen LogP contribution in [-0.4, -0.2) is 15.0 Å². The molecule has 2 heterocycles. The summed E-state index contributed by atoms with van der Waals surface area (Å²) < 4.78 is 13.2. The molecule has 0 N–H and O–H groups in total. The molecular formula is C11H9ClFN3. The summed E-state index contributed by atoms with van der Waals surface area (Å²) in [5.74, 6) is -0.0616. The van der Waals surface area contributed by atoms with Gasteiger partial charge >= 0.3 is 0 Å². The van der Waals surface area contributed by atoms with Gasteiger partial charge in [0.05, 0.1) is 5.69 Å². The van der Waals surface area contributed by atoms with Gasteiger partial charge in [0.2, 0.25) is 0 Å². The molecule has 16 heavy (non-hydrogen) atoms. The average Bonchev–Trinajstić information content (AvgIpc) is 2.27. The Kier molecular flexibility index (Phi) is 3.10. The number of halogens is 2. The van der Waals surface area contributed by atoms with E-state index in [1.807, 2.05) is 12.1 Å². The molecule has 0 unspecified atom stereocenters. The van der Waals surface area contributed by atoms with E-state index in [0.717, 1.165) is 5.56 Å². The predicted molar refractivity (Wildman–Crippen MR) is 58.8 cm³/mol. The Balaban J connectivity index is 2.29. The van der Waals surface area contributed by atoms with Crippen LogP contribution in [0.15, 0.2) is 24.5 Å². The zero-order valence-electron chi connectivity index (χ0n) is 8.61. The van der Waals surface area contributed by atoms with Crippen LogP contribution < -0.4 is 0 Å². The topological polar surface area (TPSA) is 38.7 Å². The molecule has 0 aliphatic carbocycles. The van der Waals surface area contributed by atoms with Crippen molar-refractivity contribution in [1.82, 2.24) is 15.0 Å². The van der Waals surface area contributed by atoms with E-state index in [0.29, 0.717) is 12.2 Å². The fourth-order valence-electron chi connectivity index (χ4n) is 1.34. The van der Waals surface area contributed by atoms with Gasteiger partial charge in [0, 0.05) is 18.8 Å². The lowest BCUT2D eigenvalue weighted by atomic mass is 10.2. The highest BCUT2D eigenvalue weighted by Crippen LogP contribution is 2.15. The standard InChI is InChI=1S/C11H9ClFN3/c1-7-10(13)11(12)16-9(15-7)5-8-3-2-4-14-6-8/h2-4,6H,5H2,1H3. The van der Waals surface area contributed by atoms with Crippen molar-refractivity contribution in [2.45, 2.75) is 13.3 Å². The van der Waals surface area contributed by atoms with Crippen LogP contribution in [0.3, 0.4) is 0 Å². The van der Waals surface area contributed by atoms with Crippen molar-refractivity contribution >= 4 is 11.6 Å². The molecule has 0 saturated carbocycles. The lowest BCUT2D eigenvalue weighted by molar-refractivity contribution is 0.597. The van der Waals surface area contributed by atoms with Gasteiger partial charge in [-0.25, -0.2) is 14.4 Å². The van der Waals surface area contributed by atoms with E-state index in [2.05, 4.69) is 15.0 Å². The normalized spacial score (nSPS) is 10.4. The van der Waals surface area contributed by atoms with Crippen molar-refractivity contribution in [3.63, 3.8) is 0 Å². The fraction of sp³-hybridized carbons (Fsp3) is 0.182. The smallest absolute Gasteiger partial charge is 0.181 e. The maximum atomic E-state index is 13.2. The first-order valence-electron chi connectivity index (χ1n) is 4.74. The van der Waals surface area contributed by atoms with Crippen LogP contribution in [0.4, 0.5) is 4.39 Å². The Morgan fingerprint density at radius 1 is 1.38 bits per heavy atom. The molecule has 0 aliphatic heterocycles. The maximum Gasteiger partial charge on any atom is 0.181 e. The summed E-state index contributed by atoms with van der Waals surface area (Å²) in [6.07, 6.45) is 3.90. The number of rotatable bonds is 2. The molecule has 0 fully saturated rings. The summed E-state index contributed by atoms with van der Waals surface area (Å²) in [6, 6.07) is 3.73. The van der Waals surface area contributed by atoms with E-state index in [4.69, 9.17) is 11.6 Å². The van der Waals surface area contributed by atoms with Crippen LogP contribution in [0, 0.1) is 12.7 Å². The molecule has 2 rings (SSSR count). The summed E-state index contributed by atoms with van der Waals surface area (Å²) in [5, 5.41) is -0.133. The molecule has 0 aromatic carbocycles. The molecule has 82 valence electrons. The first kappa shape index (κ1) is 11.0.